The Balaban J connectivity index is 1.83. The number of pyridine rings is 1. The van der Waals surface area contributed by atoms with E-state index in [0.29, 0.717) is 6.07 Å². The van der Waals surface area contributed by atoms with Crippen LogP contribution in [0.4, 0.5) is 13.2 Å². The molecule has 0 unspecified atom stereocenters. The maximum Gasteiger partial charge on any atom is 0.267 e. The minimum absolute atomic E-state index is 0.00974. The molecule has 3 N–H and O–H groups in total. The Morgan fingerprint density at radius 1 is 1.15 bits per heavy atom. The molecule has 0 saturated heterocycles. The molecule has 0 radical (unpaired) electrons. The van der Waals surface area contributed by atoms with Crippen LogP contribution in [0, 0.1) is 17.5 Å². The van der Waals surface area contributed by atoms with Crippen molar-refractivity contribution in [1.29, 1.82) is 0 Å². The first-order valence-electron chi connectivity index (χ1n) is 9.40. The molecule has 13 heteroatoms. The number of hydrogen-bond acceptors (Lipinski definition) is 6. The normalized spacial score (nSPS) is 11.7. The number of sulfone groups is 1. The van der Waals surface area contributed by atoms with Crippen LogP contribution in [-0.2, 0) is 15.6 Å². The topological polar surface area (TPSA) is 128 Å². The molecule has 0 aliphatic carbocycles. The Kier molecular flexibility index (Phi) is 5.96. The van der Waals surface area contributed by atoms with Gasteiger partial charge in [0, 0.05) is 28.3 Å². The van der Waals surface area contributed by atoms with Gasteiger partial charge in [-0.15, -0.1) is 0 Å². The van der Waals surface area contributed by atoms with Crippen LogP contribution >= 0.6 is 11.6 Å². The number of primary amides is 1. The van der Waals surface area contributed by atoms with Gasteiger partial charge in [0.2, 0.25) is 5.88 Å². The maximum atomic E-state index is 15.4. The van der Waals surface area contributed by atoms with Crippen LogP contribution < -0.4 is 10.5 Å². The molecule has 4 rings (SSSR count). The zero-order valence-corrected chi connectivity index (χ0v) is 18.8. The van der Waals surface area contributed by atoms with Crippen molar-refractivity contribution in [3.05, 3.63) is 70.3 Å². The minimum atomic E-state index is -4.31. The van der Waals surface area contributed by atoms with Crippen LogP contribution in [0.15, 0.2) is 41.4 Å². The van der Waals surface area contributed by atoms with E-state index in [4.69, 9.17) is 22.1 Å². The molecule has 0 fully saturated rings. The van der Waals surface area contributed by atoms with Gasteiger partial charge in [0.05, 0.1) is 17.9 Å². The standard InChI is InChI=1S/C21H14ClF3N4O4S/c1-33-21-15(5-10(22)7-27-21)34(31,32)8-9-4-11(23)6-14(16(9)24)12-2-3-13-18(17(12)25)28-29-19(13)20(26)30/h2-7H,8H2,1H3,(H2,26,30)(H,28,29). The summed E-state index contributed by atoms with van der Waals surface area (Å²) in [4.78, 5) is 14.8. The number of nitrogens with two attached hydrogens (primary N) is 1. The van der Waals surface area contributed by atoms with Crippen LogP contribution in [0.25, 0.3) is 22.0 Å². The van der Waals surface area contributed by atoms with E-state index in [-0.39, 0.29) is 27.5 Å². The van der Waals surface area contributed by atoms with Gasteiger partial charge in [-0.1, -0.05) is 17.7 Å². The largest absolute Gasteiger partial charge is 0.480 e. The minimum Gasteiger partial charge on any atom is -0.480 e. The molecule has 0 bridgehead atoms. The number of amides is 1. The highest BCUT2D eigenvalue weighted by Crippen LogP contribution is 2.34. The average Bonchev–Trinajstić information content (AvgIpc) is 3.22. The third-order valence-corrected chi connectivity index (χ3v) is 6.83. The van der Waals surface area contributed by atoms with Gasteiger partial charge in [-0.25, -0.2) is 26.6 Å². The third-order valence-electron chi connectivity index (χ3n) is 4.97. The van der Waals surface area contributed by atoms with Gasteiger partial charge in [0.15, 0.2) is 15.7 Å². The Hall–Kier alpha value is -3.64. The fourth-order valence-electron chi connectivity index (χ4n) is 3.46. The summed E-state index contributed by atoms with van der Waals surface area (Å²) in [6.07, 6.45) is 1.16. The molecule has 0 saturated carbocycles. The molecule has 8 nitrogen and oxygen atoms in total. The predicted molar refractivity (Wildman–Crippen MR) is 117 cm³/mol. The fraction of sp³-hybridized carbons (Fsp3) is 0.0952. The summed E-state index contributed by atoms with van der Waals surface area (Å²) in [5.74, 6) is -5.37. The summed E-state index contributed by atoms with van der Waals surface area (Å²) in [6.45, 7) is 0. The Labute approximate surface area is 195 Å². The first-order chi connectivity index (χ1) is 16.0. The maximum absolute atomic E-state index is 15.4. The predicted octanol–water partition coefficient (Wildman–Crippen LogP) is 3.78. The van der Waals surface area contributed by atoms with Crippen LogP contribution in [0.5, 0.6) is 5.88 Å². The summed E-state index contributed by atoms with van der Waals surface area (Å²) in [5.41, 5.74) is 3.23. The molecule has 2 heterocycles. The van der Waals surface area contributed by atoms with Crippen molar-refractivity contribution in [1.82, 2.24) is 15.2 Å². The number of carbonyl (C=O) groups excluding carboxylic acids is 1. The number of carbonyl (C=O) groups is 1. The fourth-order valence-corrected chi connectivity index (χ4v) is 5.16. The van der Waals surface area contributed by atoms with Gasteiger partial charge in [-0.05, 0) is 24.3 Å². The van der Waals surface area contributed by atoms with Crippen molar-refractivity contribution < 1.29 is 31.1 Å². The van der Waals surface area contributed by atoms with Gasteiger partial charge < -0.3 is 10.5 Å². The van der Waals surface area contributed by atoms with Gasteiger partial charge in [0.25, 0.3) is 5.91 Å². The molecule has 1 amide bonds. The van der Waals surface area contributed by atoms with E-state index < -0.39 is 60.5 Å². The van der Waals surface area contributed by atoms with Crippen molar-refractivity contribution in [2.75, 3.05) is 7.11 Å². The van der Waals surface area contributed by atoms with Gasteiger partial charge >= 0.3 is 0 Å². The molecule has 2 aromatic carbocycles. The first kappa shape index (κ1) is 23.5. The number of ether oxygens (including phenoxy) is 1. The number of aromatic nitrogens is 3. The quantitative estimate of drug-likeness (QED) is 0.406. The third kappa shape index (κ3) is 4.05. The van der Waals surface area contributed by atoms with E-state index in [1.54, 1.807) is 0 Å². The highest BCUT2D eigenvalue weighted by molar-refractivity contribution is 7.90. The molecule has 176 valence electrons. The lowest BCUT2D eigenvalue weighted by Crippen LogP contribution is -2.11. The zero-order valence-electron chi connectivity index (χ0n) is 17.2. The van der Waals surface area contributed by atoms with Crippen molar-refractivity contribution in [2.45, 2.75) is 10.6 Å². The molecule has 34 heavy (non-hydrogen) atoms. The van der Waals surface area contributed by atoms with Crippen LogP contribution in [0.2, 0.25) is 5.02 Å². The molecule has 0 aliphatic heterocycles. The second-order valence-electron chi connectivity index (χ2n) is 7.13. The van der Waals surface area contributed by atoms with Crippen molar-refractivity contribution in [2.24, 2.45) is 5.73 Å². The van der Waals surface area contributed by atoms with E-state index >= 15 is 8.78 Å². The first-order valence-corrected chi connectivity index (χ1v) is 11.4. The molecule has 0 spiro atoms. The summed E-state index contributed by atoms with van der Waals surface area (Å²) in [5, 5.41) is 6.01. The van der Waals surface area contributed by atoms with E-state index in [1.165, 1.54) is 13.2 Å². The number of aromatic amines is 1. The monoisotopic (exact) mass is 510 g/mol. The van der Waals surface area contributed by atoms with E-state index in [2.05, 4.69) is 15.2 Å². The number of methoxy groups -OCH3 is 1. The van der Waals surface area contributed by atoms with E-state index in [0.717, 1.165) is 24.4 Å². The summed E-state index contributed by atoms with van der Waals surface area (Å²) >= 11 is 5.84. The summed E-state index contributed by atoms with van der Waals surface area (Å²) < 4.78 is 75.8. The highest BCUT2D eigenvalue weighted by atomic mass is 35.5. The molecular formula is C21H14ClF3N4O4S. The average molecular weight is 511 g/mol. The second-order valence-corrected chi connectivity index (χ2v) is 9.53. The number of H-pyrrole nitrogens is 1. The highest BCUT2D eigenvalue weighted by Gasteiger charge is 2.26. The molecule has 0 aliphatic rings. The lowest BCUT2D eigenvalue weighted by molar-refractivity contribution is 0.0997. The summed E-state index contributed by atoms with van der Waals surface area (Å²) in [7, 11) is -3.12. The lowest BCUT2D eigenvalue weighted by atomic mass is 10.00. The number of fused-ring (bicyclic) bond motifs is 1. The van der Waals surface area contributed by atoms with Gasteiger partial charge in [0.1, 0.15) is 27.7 Å². The number of nitrogens with zero attached hydrogens (tertiary/aromatic N) is 2. The number of rotatable bonds is 6. The molecular weight excluding hydrogens is 497 g/mol. The smallest absolute Gasteiger partial charge is 0.267 e. The second kappa shape index (κ2) is 8.61. The molecule has 0 atom stereocenters. The van der Waals surface area contributed by atoms with Gasteiger partial charge in [-0.3, -0.25) is 9.89 Å². The Bertz CT molecular complexity index is 1570. The van der Waals surface area contributed by atoms with Crippen LogP contribution in [0.3, 0.4) is 0 Å². The number of hydrogen-bond donors (Lipinski definition) is 2. The summed E-state index contributed by atoms with van der Waals surface area (Å²) in [6, 6.07) is 4.86. The van der Waals surface area contributed by atoms with E-state index in [1.807, 2.05) is 0 Å². The van der Waals surface area contributed by atoms with Crippen LogP contribution in [-0.4, -0.2) is 36.6 Å². The number of nitrogens with one attached hydrogen (secondary N) is 1. The molecule has 4 aromatic rings. The Morgan fingerprint density at radius 2 is 1.88 bits per heavy atom. The lowest BCUT2D eigenvalue weighted by Gasteiger charge is -2.12. The van der Waals surface area contributed by atoms with Crippen LogP contribution in [0.1, 0.15) is 16.1 Å². The van der Waals surface area contributed by atoms with Crippen molar-refractivity contribution in [3.8, 4) is 17.0 Å². The van der Waals surface area contributed by atoms with Gasteiger partial charge in [-0.2, -0.15) is 5.10 Å². The SMILES string of the molecule is COc1ncc(Cl)cc1S(=O)(=O)Cc1cc(F)cc(-c2ccc3c(C(N)=O)[nH]nc3c2F)c1F. The number of benzene rings is 2. The molecule has 2 aromatic heterocycles. The van der Waals surface area contributed by atoms with Crippen molar-refractivity contribution in [3.63, 3.8) is 0 Å². The zero-order chi connectivity index (χ0) is 24.8. The Morgan fingerprint density at radius 3 is 2.56 bits per heavy atom. The number of halogens is 4. The van der Waals surface area contributed by atoms with E-state index in [9.17, 15) is 17.6 Å². The van der Waals surface area contributed by atoms with Crippen molar-refractivity contribution >= 4 is 38.2 Å².